The smallest absolute Gasteiger partial charge is 0.339 e. The summed E-state index contributed by atoms with van der Waals surface area (Å²) in [6, 6.07) is 15.1. The van der Waals surface area contributed by atoms with Gasteiger partial charge in [-0.25, -0.2) is 4.79 Å². The van der Waals surface area contributed by atoms with E-state index in [1.807, 2.05) is 42.5 Å². The van der Waals surface area contributed by atoms with Gasteiger partial charge in [-0.2, -0.15) is 0 Å². The van der Waals surface area contributed by atoms with Crippen molar-refractivity contribution in [3.05, 3.63) is 64.7 Å². The summed E-state index contributed by atoms with van der Waals surface area (Å²) in [6.45, 7) is 2.08. The van der Waals surface area contributed by atoms with E-state index in [1.165, 1.54) is 7.11 Å². The van der Waals surface area contributed by atoms with Crippen molar-refractivity contribution in [1.29, 1.82) is 0 Å². The molecule has 0 amide bonds. The molecule has 0 aromatic heterocycles. The fraction of sp³-hybridized carbons (Fsp3) is 0.235. The maximum absolute atomic E-state index is 11.8. The van der Waals surface area contributed by atoms with Crippen LogP contribution in [0.15, 0.2) is 48.5 Å². The summed E-state index contributed by atoms with van der Waals surface area (Å²) < 4.78 is 4.82. The summed E-state index contributed by atoms with van der Waals surface area (Å²) in [6.07, 6.45) is 0.871. The molecular weight excluding hydrogens is 286 g/mol. The Labute approximate surface area is 129 Å². The van der Waals surface area contributed by atoms with Crippen LogP contribution in [0.2, 0.25) is 5.02 Å². The number of carbonyl (C=O) groups is 1. The summed E-state index contributed by atoms with van der Waals surface area (Å²) in [4.78, 5) is 11.8. The molecule has 2 aromatic rings. The lowest BCUT2D eigenvalue weighted by molar-refractivity contribution is 0.0602. The molecule has 1 atom stereocenters. The van der Waals surface area contributed by atoms with Gasteiger partial charge < -0.3 is 10.1 Å². The van der Waals surface area contributed by atoms with Crippen molar-refractivity contribution < 1.29 is 9.53 Å². The minimum absolute atomic E-state index is 0.0782. The van der Waals surface area contributed by atoms with Gasteiger partial charge in [-0.15, -0.1) is 0 Å². The Kier molecular flexibility index (Phi) is 5.23. The summed E-state index contributed by atoms with van der Waals surface area (Å²) >= 11 is 6.05. The monoisotopic (exact) mass is 303 g/mol. The Morgan fingerprint density at radius 2 is 2.00 bits per heavy atom. The van der Waals surface area contributed by atoms with Gasteiger partial charge in [0.05, 0.1) is 18.7 Å². The van der Waals surface area contributed by atoms with Gasteiger partial charge in [-0.05, 0) is 36.2 Å². The van der Waals surface area contributed by atoms with Crippen LogP contribution in [0, 0.1) is 0 Å². The molecule has 0 radical (unpaired) electrons. The molecular formula is C17H18ClNO2. The number of anilines is 1. The van der Waals surface area contributed by atoms with Crippen molar-refractivity contribution in [1.82, 2.24) is 0 Å². The van der Waals surface area contributed by atoms with Crippen molar-refractivity contribution in [3.63, 3.8) is 0 Å². The largest absolute Gasteiger partial charge is 0.465 e. The lowest BCUT2D eigenvalue weighted by atomic mass is 10.0. The highest BCUT2D eigenvalue weighted by Gasteiger charge is 2.15. The van der Waals surface area contributed by atoms with Crippen LogP contribution in [0.3, 0.4) is 0 Å². The van der Waals surface area contributed by atoms with Crippen LogP contribution in [-0.4, -0.2) is 13.1 Å². The quantitative estimate of drug-likeness (QED) is 0.814. The molecule has 0 saturated carbocycles. The van der Waals surface area contributed by atoms with Crippen LogP contribution in [-0.2, 0) is 4.74 Å². The van der Waals surface area contributed by atoms with E-state index < -0.39 is 0 Å². The molecule has 0 saturated heterocycles. The maximum Gasteiger partial charge on any atom is 0.339 e. The van der Waals surface area contributed by atoms with E-state index in [4.69, 9.17) is 16.3 Å². The van der Waals surface area contributed by atoms with Gasteiger partial charge in [0.25, 0.3) is 0 Å². The fourth-order valence-corrected chi connectivity index (χ4v) is 2.43. The van der Waals surface area contributed by atoms with Gasteiger partial charge in [0, 0.05) is 10.7 Å². The van der Waals surface area contributed by atoms with E-state index in [0.29, 0.717) is 10.6 Å². The third-order valence-corrected chi connectivity index (χ3v) is 3.56. The maximum atomic E-state index is 11.8. The highest BCUT2D eigenvalue weighted by Crippen LogP contribution is 2.26. The number of esters is 1. The molecule has 110 valence electrons. The number of hydrogen-bond donors (Lipinski definition) is 1. The predicted molar refractivity (Wildman–Crippen MR) is 85.9 cm³/mol. The second kappa shape index (κ2) is 7.14. The molecule has 2 aromatic carbocycles. The van der Waals surface area contributed by atoms with E-state index in [2.05, 4.69) is 12.2 Å². The predicted octanol–water partition coefficient (Wildman–Crippen LogP) is 4.69. The van der Waals surface area contributed by atoms with Gasteiger partial charge in [-0.1, -0.05) is 42.8 Å². The summed E-state index contributed by atoms with van der Waals surface area (Å²) in [5.41, 5.74) is 2.38. The molecule has 0 aliphatic rings. The van der Waals surface area contributed by atoms with Gasteiger partial charge in [0.2, 0.25) is 0 Å². The van der Waals surface area contributed by atoms with Crippen molar-refractivity contribution in [3.8, 4) is 0 Å². The lowest BCUT2D eigenvalue weighted by Gasteiger charge is -2.20. The number of halogens is 1. The lowest BCUT2D eigenvalue weighted by Crippen LogP contribution is -2.13. The van der Waals surface area contributed by atoms with Crippen LogP contribution >= 0.6 is 11.6 Å². The Morgan fingerprint density at radius 3 is 2.67 bits per heavy atom. The molecule has 0 aliphatic carbocycles. The van der Waals surface area contributed by atoms with E-state index >= 15 is 0 Å². The first kappa shape index (κ1) is 15.4. The first-order valence-electron chi connectivity index (χ1n) is 6.85. The molecule has 21 heavy (non-hydrogen) atoms. The van der Waals surface area contributed by atoms with Crippen molar-refractivity contribution in [2.24, 2.45) is 0 Å². The molecule has 4 heteroatoms. The first-order valence-corrected chi connectivity index (χ1v) is 7.22. The van der Waals surface area contributed by atoms with Gasteiger partial charge in [0.1, 0.15) is 0 Å². The average Bonchev–Trinajstić information content (AvgIpc) is 2.52. The van der Waals surface area contributed by atoms with Gasteiger partial charge in [0.15, 0.2) is 0 Å². The second-order valence-corrected chi connectivity index (χ2v) is 5.13. The van der Waals surface area contributed by atoms with Crippen molar-refractivity contribution >= 4 is 23.3 Å². The molecule has 0 bridgehead atoms. The fourth-order valence-electron chi connectivity index (χ4n) is 2.23. The van der Waals surface area contributed by atoms with Crippen molar-refractivity contribution in [2.75, 3.05) is 12.4 Å². The summed E-state index contributed by atoms with van der Waals surface area (Å²) in [7, 11) is 1.38. The first-order chi connectivity index (χ1) is 10.2. The zero-order valence-electron chi connectivity index (χ0n) is 12.1. The Hall–Kier alpha value is -2.00. The molecule has 0 fully saturated rings. The molecule has 0 aliphatic heterocycles. The SMILES string of the molecule is CCC(Nc1ccccc1C(=O)OC)c1cccc(Cl)c1. The number of para-hydroxylation sites is 1. The molecule has 1 N–H and O–H groups in total. The zero-order chi connectivity index (χ0) is 15.2. The van der Waals surface area contributed by atoms with E-state index in [9.17, 15) is 4.79 Å². The molecule has 0 heterocycles. The topological polar surface area (TPSA) is 38.3 Å². The number of hydrogen-bond acceptors (Lipinski definition) is 3. The van der Waals surface area contributed by atoms with E-state index in [0.717, 1.165) is 17.7 Å². The number of ether oxygens (including phenoxy) is 1. The number of nitrogens with one attached hydrogen (secondary N) is 1. The summed E-state index contributed by atoms with van der Waals surface area (Å²) in [5.74, 6) is -0.348. The highest BCUT2D eigenvalue weighted by molar-refractivity contribution is 6.30. The Bertz CT molecular complexity index is 628. The minimum atomic E-state index is -0.348. The Morgan fingerprint density at radius 1 is 1.24 bits per heavy atom. The number of benzene rings is 2. The molecule has 2 rings (SSSR count). The average molecular weight is 304 g/mol. The van der Waals surface area contributed by atoms with Crippen LogP contribution in [0.25, 0.3) is 0 Å². The van der Waals surface area contributed by atoms with Crippen LogP contribution in [0.4, 0.5) is 5.69 Å². The van der Waals surface area contributed by atoms with Gasteiger partial charge in [-0.3, -0.25) is 0 Å². The number of carbonyl (C=O) groups excluding carboxylic acids is 1. The third-order valence-electron chi connectivity index (χ3n) is 3.32. The zero-order valence-corrected chi connectivity index (χ0v) is 12.9. The van der Waals surface area contributed by atoms with Gasteiger partial charge >= 0.3 is 5.97 Å². The third kappa shape index (κ3) is 3.76. The Balaban J connectivity index is 2.29. The molecule has 1 unspecified atom stereocenters. The molecule has 0 spiro atoms. The molecule has 3 nitrogen and oxygen atoms in total. The summed E-state index contributed by atoms with van der Waals surface area (Å²) in [5, 5.41) is 4.10. The van der Waals surface area contributed by atoms with Crippen LogP contribution < -0.4 is 5.32 Å². The normalized spacial score (nSPS) is 11.8. The standard InChI is InChI=1S/C17H18ClNO2/c1-3-15(12-7-6-8-13(18)11-12)19-16-10-5-4-9-14(16)17(20)21-2/h4-11,15,19H,3H2,1-2H3. The minimum Gasteiger partial charge on any atom is -0.465 e. The number of rotatable bonds is 5. The van der Waals surface area contributed by atoms with Crippen LogP contribution in [0.1, 0.15) is 35.3 Å². The van der Waals surface area contributed by atoms with Crippen LogP contribution in [0.5, 0.6) is 0 Å². The van der Waals surface area contributed by atoms with E-state index in [-0.39, 0.29) is 12.0 Å². The van der Waals surface area contributed by atoms with E-state index in [1.54, 1.807) is 6.07 Å². The van der Waals surface area contributed by atoms with Crippen molar-refractivity contribution in [2.45, 2.75) is 19.4 Å². The second-order valence-electron chi connectivity index (χ2n) is 4.70. The highest BCUT2D eigenvalue weighted by atomic mass is 35.5. The number of methoxy groups -OCH3 is 1.